The summed E-state index contributed by atoms with van der Waals surface area (Å²) in [6, 6.07) is 7.89. The van der Waals surface area contributed by atoms with Crippen molar-refractivity contribution < 1.29 is 9.13 Å². The van der Waals surface area contributed by atoms with Crippen LogP contribution in [0.3, 0.4) is 0 Å². The van der Waals surface area contributed by atoms with E-state index < -0.39 is 0 Å². The van der Waals surface area contributed by atoms with Crippen LogP contribution in [-0.4, -0.2) is 25.8 Å². The van der Waals surface area contributed by atoms with Gasteiger partial charge in [0.15, 0.2) is 0 Å². The third-order valence-corrected chi connectivity index (χ3v) is 4.42. The first-order valence-corrected chi connectivity index (χ1v) is 7.32. The average molecular weight is 263 g/mol. The first-order chi connectivity index (χ1) is 9.27. The highest BCUT2D eigenvalue weighted by Crippen LogP contribution is 2.35. The van der Waals surface area contributed by atoms with Crippen molar-refractivity contribution in [2.24, 2.45) is 5.41 Å². The van der Waals surface area contributed by atoms with E-state index in [0.717, 1.165) is 44.6 Å². The Morgan fingerprint density at radius 2 is 1.95 bits per heavy atom. The highest BCUT2D eigenvalue weighted by atomic mass is 19.1. The molecule has 1 saturated heterocycles. The Hall–Kier alpha value is -0.930. The molecule has 19 heavy (non-hydrogen) atoms. The minimum absolute atomic E-state index is 0.0696. The molecule has 1 aromatic carbocycles. The molecule has 1 saturated carbocycles. The third-order valence-electron chi connectivity index (χ3n) is 4.42. The smallest absolute Gasteiger partial charge is 0.126 e. The van der Waals surface area contributed by atoms with Crippen molar-refractivity contribution in [1.29, 1.82) is 0 Å². The number of hydrogen-bond acceptors (Lipinski definition) is 2. The molecule has 0 bridgehead atoms. The van der Waals surface area contributed by atoms with E-state index in [9.17, 15) is 4.39 Å². The molecule has 1 N–H and O–H groups in total. The maximum absolute atomic E-state index is 13.9. The van der Waals surface area contributed by atoms with Crippen molar-refractivity contribution >= 4 is 0 Å². The number of halogens is 1. The summed E-state index contributed by atoms with van der Waals surface area (Å²) >= 11 is 0. The van der Waals surface area contributed by atoms with Crippen LogP contribution in [0.15, 0.2) is 24.3 Å². The van der Waals surface area contributed by atoms with Gasteiger partial charge in [-0.05, 0) is 49.1 Å². The molecule has 0 unspecified atom stereocenters. The van der Waals surface area contributed by atoms with E-state index in [1.54, 1.807) is 12.1 Å². The van der Waals surface area contributed by atoms with Crippen molar-refractivity contribution in [1.82, 2.24) is 5.32 Å². The highest BCUT2D eigenvalue weighted by Gasteiger charge is 2.35. The molecule has 2 nitrogen and oxygen atoms in total. The standard InChI is InChI=1S/C16H22FNO/c17-15-4-2-1-3-13(15)11-16(7-9-19-10-8-16)12-18-14-5-6-14/h1-4,14,18H,5-12H2. The fourth-order valence-corrected chi connectivity index (χ4v) is 2.91. The molecular formula is C16H22FNO. The predicted octanol–water partition coefficient (Wildman–Crippen LogP) is 2.92. The molecule has 1 aromatic rings. The predicted molar refractivity (Wildman–Crippen MR) is 73.6 cm³/mol. The number of nitrogens with one attached hydrogen (secondary N) is 1. The molecule has 3 rings (SSSR count). The summed E-state index contributed by atoms with van der Waals surface area (Å²) in [7, 11) is 0. The quantitative estimate of drug-likeness (QED) is 0.882. The second-order valence-electron chi connectivity index (χ2n) is 6.04. The zero-order chi connectivity index (χ0) is 13.1. The minimum Gasteiger partial charge on any atom is -0.381 e. The summed E-state index contributed by atoms with van der Waals surface area (Å²) in [6.45, 7) is 2.61. The molecule has 2 fully saturated rings. The van der Waals surface area contributed by atoms with Gasteiger partial charge in [0.05, 0.1) is 0 Å². The molecule has 3 heteroatoms. The maximum atomic E-state index is 13.9. The SMILES string of the molecule is Fc1ccccc1CC1(CNC2CC2)CCOCC1. The average Bonchev–Trinajstić information content (AvgIpc) is 3.25. The Balaban J connectivity index is 1.72. The molecule has 1 aliphatic heterocycles. The van der Waals surface area contributed by atoms with E-state index in [1.807, 2.05) is 12.1 Å². The van der Waals surface area contributed by atoms with Crippen molar-refractivity contribution in [2.45, 2.75) is 38.1 Å². The van der Waals surface area contributed by atoms with E-state index in [-0.39, 0.29) is 11.2 Å². The van der Waals surface area contributed by atoms with Crippen LogP contribution in [0.1, 0.15) is 31.2 Å². The van der Waals surface area contributed by atoms with E-state index in [1.165, 1.54) is 12.8 Å². The van der Waals surface area contributed by atoms with Crippen LogP contribution in [0.2, 0.25) is 0 Å². The highest BCUT2D eigenvalue weighted by molar-refractivity contribution is 5.19. The molecule has 0 aromatic heterocycles. The van der Waals surface area contributed by atoms with Crippen LogP contribution in [-0.2, 0) is 11.2 Å². The lowest BCUT2D eigenvalue weighted by Gasteiger charge is -2.38. The van der Waals surface area contributed by atoms with Crippen LogP contribution in [0.5, 0.6) is 0 Å². The van der Waals surface area contributed by atoms with Gasteiger partial charge in [-0.1, -0.05) is 18.2 Å². The van der Waals surface area contributed by atoms with Gasteiger partial charge in [-0.3, -0.25) is 0 Å². The summed E-state index contributed by atoms with van der Waals surface area (Å²) in [6.07, 6.45) is 5.48. The Morgan fingerprint density at radius 3 is 2.63 bits per heavy atom. The zero-order valence-corrected chi connectivity index (χ0v) is 11.3. The lowest BCUT2D eigenvalue weighted by atomic mass is 9.75. The maximum Gasteiger partial charge on any atom is 0.126 e. The van der Waals surface area contributed by atoms with Gasteiger partial charge in [0.1, 0.15) is 5.82 Å². The van der Waals surface area contributed by atoms with Crippen LogP contribution < -0.4 is 5.32 Å². The summed E-state index contributed by atoms with van der Waals surface area (Å²) in [4.78, 5) is 0. The number of benzene rings is 1. The van der Waals surface area contributed by atoms with Gasteiger partial charge in [-0.25, -0.2) is 4.39 Å². The molecule has 2 aliphatic rings. The largest absolute Gasteiger partial charge is 0.381 e. The van der Waals surface area contributed by atoms with Gasteiger partial charge in [-0.15, -0.1) is 0 Å². The third kappa shape index (κ3) is 3.34. The summed E-state index contributed by atoms with van der Waals surface area (Å²) in [5.74, 6) is -0.0696. The summed E-state index contributed by atoms with van der Waals surface area (Å²) in [5.41, 5.74) is 1.02. The normalized spacial score (nSPS) is 22.4. The molecule has 0 radical (unpaired) electrons. The Labute approximate surface area is 114 Å². The van der Waals surface area contributed by atoms with Crippen LogP contribution in [0, 0.1) is 11.2 Å². The number of ether oxygens (including phenoxy) is 1. The summed E-state index contributed by atoms with van der Waals surface area (Å²) in [5, 5.41) is 3.63. The van der Waals surface area contributed by atoms with E-state index in [0.29, 0.717) is 6.04 Å². The second kappa shape index (κ2) is 5.59. The molecule has 0 amide bonds. The first kappa shape index (κ1) is 13.1. The lowest BCUT2D eigenvalue weighted by molar-refractivity contribution is 0.0144. The van der Waals surface area contributed by atoms with Gasteiger partial charge >= 0.3 is 0 Å². The monoisotopic (exact) mass is 263 g/mol. The number of rotatable bonds is 5. The van der Waals surface area contributed by atoms with Crippen molar-refractivity contribution in [3.63, 3.8) is 0 Å². The molecular weight excluding hydrogens is 241 g/mol. The summed E-state index contributed by atoms with van der Waals surface area (Å²) < 4.78 is 19.4. The lowest BCUT2D eigenvalue weighted by Crippen LogP contribution is -2.41. The van der Waals surface area contributed by atoms with Crippen molar-refractivity contribution in [3.8, 4) is 0 Å². The molecule has 1 aliphatic carbocycles. The van der Waals surface area contributed by atoms with Crippen LogP contribution >= 0.6 is 0 Å². The van der Waals surface area contributed by atoms with Crippen molar-refractivity contribution in [3.05, 3.63) is 35.6 Å². The van der Waals surface area contributed by atoms with Gasteiger partial charge in [-0.2, -0.15) is 0 Å². The molecule has 1 heterocycles. The first-order valence-electron chi connectivity index (χ1n) is 7.32. The van der Waals surface area contributed by atoms with E-state index >= 15 is 0 Å². The molecule has 0 atom stereocenters. The Bertz CT molecular complexity index is 425. The Morgan fingerprint density at radius 1 is 1.21 bits per heavy atom. The molecule has 0 spiro atoms. The molecule has 104 valence electrons. The van der Waals surface area contributed by atoms with Gasteiger partial charge < -0.3 is 10.1 Å². The van der Waals surface area contributed by atoms with Crippen LogP contribution in [0.25, 0.3) is 0 Å². The van der Waals surface area contributed by atoms with Gasteiger partial charge in [0.25, 0.3) is 0 Å². The fraction of sp³-hybridized carbons (Fsp3) is 0.625. The van der Waals surface area contributed by atoms with Crippen molar-refractivity contribution in [2.75, 3.05) is 19.8 Å². The Kier molecular flexibility index (Phi) is 3.85. The van der Waals surface area contributed by atoms with Gasteiger partial charge in [0, 0.05) is 25.8 Å². The van der Waals surface area contributed by atoms with E-state index in [2.05, 4.69) is 5.32 Å². The fourth-order valence-electron chi connectivity index (χ4n) is 2.91. The van der Waals surface area contributed by atoms with Crippen LogP contribution in [0.4, 0.5) is 4.39 Å². The number of hydrogen-bond donors (Lipinski definition) is 1. The second-order valence-corrected chi connectivity index (χ2v) is 6.04. The topological polar surface area (TPSA) is 21.3 Å². The van der Waals surface area contributed by atoms with Gasteiger partial charge in [0.2, 0.25) is 0 Å². The minimum atomic E-state index is -0.0696. The zero-order valence-electron chi connectivity index (χ0n) is 11.3. The van der Waals surface area contributed by atoms with E-state index in [4.69, 9.17) is 4.74 Å².